The third-order valence-electron chi connectivity index (χ3n) is 1.94. The van der Waals surface area contributed by atoms with Gasteiger partial charge in [0.05, 0.1) is 6.61 Å². The summed E-state index contributed by atoms with van der Waals surface area (Å²) >= 11 is 2.35. The van der Waals surface area contributed by atoms with Gasteiger partial charge in [-0.25, -0.2) is 0 Å². The van der Waals surface area contributed by atoms with Crippen LogP contribution < -0.4 is 0 Å². The fraction of sp³-hybridized carbons (Fsp3) is 0.636. The average Bonchev–Trinajstić information content (AvgIpc) is 3.01. The molecule has 14 heavy (non-hydrogen) atoms. The Kier molecular flexibility index (Phi) is 6.27. The first-order valence-corrected chi connectivity index (χ1v) is 6.52. The Morgan fingerprint density at radius 1 is 1.36 bits per heavy atom. The molecule has 0 radical (unpaired) electrons. The van der Waals surface area contributed by atoms with Gasteiger partial charge in [-0.2, -0.15) is 0 Å². The summed E-state index contributed by atoms with van der Waals surface area (Å²) in [6.07, 6.45) is 5.28. The SMILES string of the molecule is C=CC(OCCOCCCI)=C1CC1. The van der Waals surface area contributed by atoms with Gasteiger partial charge in [-0.3, -0.25) is 0 Å². The molecular weight excluding hydrogens is 291 g/mol. The molecular formula is C11H17IO2. The molecule has 0 aromatic rings. The molecule has 3 heteroatoms. The van der Waals surface area contributed by atoms with Crippen LogP contribution in [0.3, 0.4) is 0 Å². The quantitative estimate of drug-likeness (QED) is 0.297. The van der Waals surface area contributed by atoms with E-state index < -0.39 is 0 Å². The second-order valence-corrected chi connectivity index (χ2v) is 4.25. The molecule has 0 unspecified atom stereocenters. The standard InChI is InChI=1S/C11H17IO2/c1-2-11(10-4-5-10)14-9-8-13-7-3-6-12/h2H,1,3-9H2. The maximum absolute atomic E-state index is 5.53. The van der Waals surface area contributed by atoms with Gasteiger partial charge in [0.25, 0.3) is 0 Å². The number of allylic oxidation sites excluding steroid dienone is 2. The largest absolute Gasteiger partial charge is 0.491 e. The van der Waals surface area contributed by atoms with E-state index in [1.54, 1.807) is 6.08 Å². The molecule has 1 rings (SSSR count). The summed E-state index contributed by atoms with van der Waals surface area (Å²) in [6.45, 7) is 5.89. The summed E-state index contributed by atoms with van der Waals surface area (Å²) in [6, 6.07) is 0. The molecule has 0 saturated heterocycles. The zero-order chi connectivity index (χ0) is 10.2. The molecule has 0 amide bonds. The van der Waals surface area contributed by atoms with Gasteiger partial charge in [0.1, 0.15) is 12.4 Å². The predicted octanol–water partition coefficient (Wildman–Crippen LogP) is 3.08. The van der Waals surface area contributed by atoms with Crippen molar-refractivity contribution in [2.24, 2.45) is 0 Å². The number of alkyl halides is 1. The summed E-state index contributed by atoms with van der Waals surface area (Å²) < 4.78 is 12.1. The van der Waals surface area contributed by atoms with Crippen LogP contribution >= 0.6 is 22.6 Å². The minimum atomic E-state index is 0.645. The lowest BCUT2D eigenvalue weighted by molar-refractivity contribution is 0.0795. The summed E-state index contributed by atoms with van der Waals surface area (Å²) in [5.74, 6) is 0.975. The first kappa shape index (κ1) is 12.0. The van der Waals surface area contributed by atoms with Crippen LogP contribution in [0, 0.1) is 0 Å². The van der Waals surface area contributed by atoms with Crippen LogP contribution in [0.15, 0.2) is 24.0 Å². The first-order valence-electron chi connectivity index (χ1n) is 4.99. The van der Waals surface area contributed by atoms with Gasteiger partial charge in [0.2, 0.25) is 0 Å². The van der Waals surface area contributed by atoms with Crippen molar-refractivity contribution in [3.8, 4) is 0 Å². The first-order chi connectivity index (χ1) is 6.88. The Balaban J connectivity index is 1.98. The second kappa shape index (κ2) is 7.29. The number of ether oxygens (including phenoxy) is 2. The molecule has 1 aliphatic rings. The molecule has 0 bridgehead atoms. The number of halogens is 1. The number of hydrogen-bond acceptors (Lipinski definition) is 2. The van der Waals surface area contributed by atoms with Crippen LogP contribution in [0.4, 0.5) is 0 Å². The van der Waals surface area contributed by atoms with Crippen molar-refractivity contribution < 1.29 is 9.47 Å². The summed E-state index contributed by atoms with van der Waals surface area (Å²) in [5, 5.41) is 0. The highest BCUT2D eigenvalue weighted by Crippen LogP contribution is 2.32. The van der Waals surface area contributed by atoms with Crippen molar-refractivity contribution in [1.29, 1.82) is 0 Å². The Bertz CT molecular complexity index is 205. The molecule has 0 atom stereocenters. The van der Waals surface area contributed by atoms with Crippen LogP contribution in [0.25, 0.3) is 0 Å². The van der Waals surface area contributed by atoms with Crippen molar-refractivity contribution in [3.05, 3.63) is 24.0 Å². The lowest BCUT2D eigenvalue weighted by atomic mass is 10.4. The minimum absolute atomic E-state index is 0.645. The molecule has 1 aliphatic carbocycles. The van der Waals surface area contributed by atoms with E-state index in [1.807, 2.05) is 0 Å². The van der Waals surface area contributed by atoms with Crippen LogP contribution in [0.2, 0.25) is 0 Å². The Morgan fingerprint density at radius 3 is 2.71 bits per heavy atom. The molecule has 0 spiro atoms. The predicted molar refractivity (Wildman–Crippen MR) is 66.7 cm³/mol. The van der Waals surface area contributed by atoms with Gasteiger partial charge in [-0.1, -0.05) is 29.2 Å². The Hall–Kier alpha value is -0.0300. The minimum Gasteiger partial charge on any atom is -0.491 e. The maximum atomic E-state index is 5.53. The van der Waals surface area contributed by atoms with E-state index in [0.29, 0.717) is 13.2 Å². The van der Waals surface area contributed by atoms with E-state index in [-0.39, 0.29) is 0 Å². The normalized spacial score (nSPS) is 13.9. The fourth-order valence-electron chi connectivity index (χ4n) is 1.08. The third kappa shape index (κ3) is 5.00. The highest BCUT2D eigenvalue weighted by atomic mass is 127. The Morgan fingerprint density at radius 2 is 2.14 bits per heavy atom. The highest BCUT2D eigenvalue weighted by molar-refractivity contribution is 14.1. The van der Waals surface area contributed by atoms with E-state index in [9.17, 15) is 0 Å². The van der Waals surface area contributed by atoms with Crippen molar-refractivity contribution >= 4 is 22.6 Å². The smallest absolute Gasteiger partial charge is 0.118 e. The van der Waals surface area contributed by atoms with Gasteiger partial charge in [-0.05, 0) is 30.9 Å². The van der Waals surface area contributed by atoms with Crippen LogP contribution in [-0.4, -0.2) is 24.2 Å². The van der Waals surface area contributed by atoms with E-state index in [4.69, 9.17) is 9.47 Å². The summed E-state index contributed by atoms with van der Waals surface area (Å²) in [7, 11) is 0. The van der Waals surface area contributed by atoms with Crippen LogP contribution in [0.1, 0.15) is 19.3 Å². The number of rotatable bonds is 8. The molecule has 1 saturated carbocycles. The maximum Gasteiger partial charge on any atom is 0.118 e. The molecule has 1 fully saturated rings. The van der Waals surface area contributed by atoms with Crippen molar-refractivity contribution in [2.75, 3.05) is 24.2 Å². The molecule has 0 aromatic heterocycles. The zero-order valence-corrected chi connectivity index (χ0v) is 10.6. The average molecular weight is 308 g/mol. The fourth-order valence-corrected chi connectivity index (χ4v) is 1.39. The number of hydrogen-bond donors (Lipinski definition) is 0. The zero-order valence-electron chi connectivity index (χ0n) is 8.43. The van der Waals surface area contributed by atoms with Gasteiger partial charge in [0, 0.05) is 11.0 Å². The lowest BCUT2D eigenvalue weighted by Crippen LogP contribution is -2.04. The molecule has 80 valence electrons. The lowest BCUT2D eigenvalue weighted by Gasteiger charge is -2.06. The van der Waals surface area contributed by atoms with E-state index in [2.05, 4.69) is 29.2 Å². The summed E-state index contributed by atoms with van der Waals surface area (Å²) in [4.78, 5) is 0. The van der Waals surface area contributed by atoms with Crippen LogP contribution in [-0.2, 0) is 9.47 Å². The molecule has 0 heterocycles. The molecule has 0 aliphatic heterocycles. The topological polar surface area (TPSA) is 18.5 Å². The van der Waals surface area contributed by atoms with E-state index in [0.717, 1.165) is 23.2 Å². The van der Waals surface area contributed by atoms with Crippen molar-refractivity contribution in [2.45, 2.75) is 19.3 Å². The van der Waals surface area contributed by atoms with Gasteiger partial charge < -0.3 is 9.47 Å². The highest BCUT2D eigenvalue weighted by Gasteiger charge is 2.16. The Labute approximate surface area is 99.5 Å². The second-order valence-electron chi connectivity index (χ2n) is 3.18. The van der Waals surface area contributed by atoms with E-state index in [1.165, 1.54) is 18.4 Å². The van der Waals surface area contributed by atoms with Gasteiger partial charge in [0.15, 0.2) is 0 Å². The molecule has 0 aromatic carbocycles. The monoisotopic (exact) mass is 308 g/mol. The van der Waals surface area contributed by atoms with Crippen LogP contribution in [0.5, 0.6) is 0 Å². The third-order valence-corrected chi connectivity index (χ3v) is 2.70. The van der Waals surface area contributed by atoms with Crippen molar-refractivity contribution in [3.63, 3.8) is 0 Å². The molecule has 2 nitrogen and oxygen atoms in total. The summed E-state index contributed by atoms with van der Waals surface area (Å²) in [5.41, 5.74) is 1.40. The van der Waals surface area contributed by atoms with Gasteiger partial charge >= 0.3 is 0 Å². The molecule has 0 N–H and O–H groups in total. The van der Waals surface area contributed by atoms with Gasteiger partial charge in [-0.15, -0.1) is 0 Å². The van der Waals surface area contributed by atoms with Crippen molar-refractivity contribution in [1.82, 2.24) is 0 Å². The van der Waals surface area contributed by atoms with E-state index >= 15 is 0 Å².